The molecule has 1 aliphatic rings. The summed E-state index contributed by atoms with van der Waals surface area (Å²) in [7, 11) is 2.90. The van der Waals surface area contributed by atoms with Crippen molar-refractivity contribution in [1.29, 1.82) is 0 Å². The van der Waals surface area contributed by atoms with Crippen LogP contribution in [0.3, 0.4) is 0 Å². The number of Topliss-reactive ketones (excluding diaryl/α,β-unsaturated/α-hetero) is 1. The van der Waals surface area contributed by atoms with E-state index in [0.717, 1.165) is 16.9 Å². The average Bonchev–Trinajstić information content (AvgIpc) is 3.17. The number of aliphatic hydroxyl groups is 1. The van der Waals surface area contributed by atoms with Crippen LogP contribution in [-0.4, -0.2) is 42.5 Å². The molecule has 1 amide bonds. The number of halogens is 1. The van der Waals surface area contributed by atoms with Crippen LogP contribution >= 0.6 is 11.6 Å². The quantitative estimate of drug-likeness (QED) is 0.191. The van der Waals surface area contributed by atoms with Crippen molar-refractivity contribution in [3.63, 3.8) is 0 Å². The van der Waals surface area contributed by atoms with Crippen LogP contribution in [0.1, 0.15) is 42.1 Å². The standard InChI is InChI=1S/C31H32ClNO6/c1-18(2)17-39-22-11-9-20(10-12-22)16-33-28(21-8-6-7-19(3)13-21)27(30(35)31(33)36)29(34)23-14-24(32)26(38-5)15-25(23)37-4/h6-15,18,28,34H,16-17H2,1-5H3/b29-27+. The number of aryl methyl sites for hydroxylation is 1. The Hall–Kier alpha value is -3.97. The lowest BCUT2D eigenvalue weighted by Gasteiger charge is -2.26. The number of amides is 1. The highest BCUT2D eigenvalue weighted by molar-refractivity contribution is 6.46. The average molecular weight is 550 g/mol. The minimum atomic E-state index is -0.827. The molecule has 1 fully saturated rings. The molecular weight excluding hydrogens is 518 g/mol. The molecule has 0 saturated carbocycles. The van der Waals surface area contributed by atoms with Crippen molar-refractivity contribution in [3.8, 4) is 17.2 Å². The van der Waals surface area contributed by atoms with Crippen LogP contribution in [0.2, 0.25) is 5.02 Å². The van der Waals surface area contributed by atoms with Gasteiger partial charge in [-0.2, -0.15) is 0 Å². The van der Waals surface area contributed by atoms with E-state index >= 15 is 0 Å². The summed E-state index contributed by atoms with van der Waals surface area (Å²) in [5.41, 5.74) is 2.62. The van der Waals surface area contributed by atoms with E-state index in [0.29, 0.717) is 23.8 Å². The Balaban J connectivity index is 1.80. The lowest BCUT2D eigenvalue weighted by atomic mass is 9.94. The van der Waals surface area contributed by atoms with Crippen molar-refractivity contribution in [2.45, 2.75) is 33.4 Å². The third-order valence-corrected chi connectivity index (χ3v) is 6.78. The number of hydrogen-bond donors (Lipinski definition) is 1. The molecule has 4 rings (SSSR count). The molecule has 0 aliphatic carbocycles. The fourth-order valence-corrected chi connectivity index (χ4v) is 4.81. The number of nitrogens with zero attached hydrogens (tertiary/aromatic N) is 1. The Bertz CT molecular complexity index is 1410. The Morgan fingerprint density at radius 3 is 2.31 bits per heavy atom. The van der Waals surface area contributed by atoms with Gasteiger partial charge in [0, 0.05) is 12.6 Å². The number of aliphatic hydroxyl groups excluding tert-OH is 1. The third-order valence-electron chi connectivity index (χ3n) is 6.49. The van der Waals surface area contributed by atoms with Gasteiger partial charge >= 0.3 is 0 Å². The van der Waals surface area contributed by atoms with Crippen molar-refractivity contribution in [2.75, 3.05) is 20.8 Å². The molecule has 39 heavy (non-hydrogen) atoms. The minimum Gasteiger partial charge on any atom is -0.507 e. The molecule has 1 saturated heterocycles. The predicted octanol–water partition coefficient (Wildman–Crippen LogP) is 6.32. The molecule has 1 atom stereocenters. The molecule has 1 N–H and O–H groups in total. The van der Waals surface area contributed by atoms with Gasteiger partial charge in [0.15, 0.2) is 0 Å². The highest BCUT2D eigenvalue weighted by Gasteiger charge is 2.46. The van der Waals surface area contributed by atoms with Gasteiger partial charge in [-0.3, -0.25) is 9.59 Å². The van der Waals surface area contributed by atoms with Crippen molar-refractivity contribution < 1.29 is 28.9 Å². The van der Waals surface area contributed by atoms with Crippen molar-refractivity contribution in [2.24, 2.45) is 5.92 Å². The maximum atomic E-state index is 13.5. The Morgan fingerprint density at radius 1 is 1.00 bits per heavy atom. The number of rotatable bonds is 9. The van der Waals surface area contributed by atoms with Gasteiger partial charge in [0.05, 0.1) is 43.0 Å². The second-order valence-electron chi connectivity index (χ2n) is 9.88. The number of benzene rings is 3. The first kappa shape index (κ1) is 28.0. The number of ether oxygens (including phenoxy) is 3. The molecule has 0 spiro atoms. The molecule has 1 aliphatic heterocycles. The Morgan fingerprint density at radius 2 is 1.69 bits per heavy atom. The maximum absolute atomic E-state index is 13.5. The molecule has 7 nitrogen and oxygen atoms in total. The van der Waals surface area contributed by atoms with E-state index < -0.39 is 17.7 Å². The van der Waals surface area contributed by atoms with Gasteiger partial charge in [-0.1, -0.05) is 67.4 Å². The molecule has 1 heterocycles. The monoisotopic (exact) mass is 549 g/mol. The largest absolute Gasteiger partial charge is 0.507 e. The lowest BCUT2D eigenvalue weighted by Crippen LogP contribution is -2.29. The van der Waals surface area contributed by atoms with Gasteiger partial charge in [-0.05, 0) is 42.2 Å². The number of likely N-dealkylation sites (tertiary alicyclic amines) is 1. The molecule has 204 valence electrons. The zero-order chi connectivity index (χ0) is 28.3. The van der Waals surface area contributed by atoms with Gasteiger partial charge < -0.3 is 24.2 Å². The zero-order valence-electron chi connectivity index (χ0n) is 22.7. The smallest absolute Gasteiger partial charge is 0.295 e. The van der Waals surface area contributed by atoms with Crippen LogP contribution in [0.25, 0.3) is 5.76 Å². The third kappa shape index (κ3) is 5.88. The van der Waals surface area contributed by atoms with Crippen LogP contribution in [0.15, 0.2) is 66.2 Å². The molecule has 3 aromatic carbocycles. The first-order valence-corrected chi connectivity index (χ1v) is 13.0. The van der Waals surface area contributed by atoms with Crippen LogP contribution in [0.5, 0.6) is 17.2 Å². The molecule has 3 aromatic rings. The number of carbonyl (C=O) groups is 2. The summed E-state index contributed by atoms with van der Waals surface area (Å²) in [4.78, 5) is 28.4. The van der Waals surface area contributed by atoms with E-state index in [1.165, 1.54) is 31.3 Å². The second kappa shape index (κ2) is 11.8. The summed E-state index contributed by atoms with van der Waals surface area (Å²) in [5.74, 6) is -0.146. The van der Waals surface area contributed by atoms with E-state index in [1.54, 1.807) is 0 Å². The van der Waals surface area contributed by atoms with Crippen LogP contribution < -0.4 is 14.2 Å². The van der Waals surface area contributed by atoms with E-state index in [9.17, 15) is 14.7 Å². The summed E-state index contributed by atoms with van der Waals surface area (Å²) in [6.07, 6.45) is 0. The lowest BCUT2D eigenvalue weighted by molar-refractivity contribution is -0.140. The van der Waals surface area contributed by atoms with Crippen molar-refractivity contribution in [3.05, 3.63) is 93.5 Å². The summed E-state index contributed by atoms with van der Waals surface area (Å²) >= 11 is 6.35. The van der Waals surface area contributed by atoms with Crippen LogP contribution in [0, 0.1) is 12.8 Å². The fourth-order valence-electron chi connectivity index (χ4n) is 4.57. The van der Waals surface area contributed by atoms with Gasteiger partial charge in [-0.25, -0.2) is 0 Å². The van der Waals surface area contributed by atoms with Gasteiger partial charge in [-0.15, -0.1) is 0 Å². The van der Waals surface area contributed by atoms with E-state index in [4.69, 9.17) is 25.8 Å². The van der Waals surface area contributed by atoms with Gasteiger partial charge in [0.1, 0.15) is 23.0 Å². The first-order chi connectivity index (χ1) is 18.6. The summed E-state index contributed by atoms with van der Waals surface area (Å²) in [5, 5.41) is 11.7. The summed E-state index contributed by atoms with van der Waals surface area (Å²) in [6, 6.07) is 17.1. The number of ketones is 1. The molecule has 1 unspecified atom stereocenters. The second-order valence-corrected chi connectivity index (χ2v) is 10.3. The molecule has 8 heteroatoms. The zero-order valence-corrected chi connectivity index (χ0v) is 23.4. The van der Waals surface area contributed by atoms with Crippen LogP contribution in [0.4, 0.5) is 0 Å². The van der Waals surface area contributed by atoms with Crippen molar-refractivity contribution >= 4 is 29.1 Å². The molecule has 0 aromatic heterocycles. The van der Waals surface area contributed by atoms with Crippen molar-refractivity contribution in [1.82, 2.24) is 4.90 Å². The van der Waals surface area contributed by atoms with Gasteiger partial charge in [0.25, 0.3) is 11.7 Å². The van der Waals surface area contributed by atoms with E-state index in [1.807, 2.05) is 55.5 Å². The molecule has 0 bridgehead atoms. The Kier molecular flexibility index (Phi) is 8.51. The highest BCUT2D eigenvalue weighted by atomic mass is 35.5. The first-order valence-electron chi connectivity index (χ1n) is 12.6. The van der Waals surface area contributed by atoms with Crippen LogP contribution in [-0.2, 0) is 16.1 Å². The highest BCUT2D eigenvalue weighted by Crippen LogP contribution is 2.43. The topological polar surface area (TPSA) is 85.3 Å². The molecule has 0 radical (unpaired) electrons. The normalized spacial score (nSPS) is 16.6. The minimum absolute atomic E-state index is 0.0398. The van der Waals surface area contributed by atoms with E-state index in [2.05, 4.69) is 13.8 Å². The fraction of sp³-hybridized carbons (Fsp3) is 0.290. The number of methoxy groups -OCH3 is 2. The number of carbonyl (C=O) groups excluding carboxylic acids is 2. The Labute approximate surface area is 233 Å². The number of hydrogen-bond acceptors (Lipinski definition) is 6. The predicted molar refractivity (Wildman–Crippen MR) is 150 cm³/mol. The summed E-state index contributed by atoms with van der Waals surface area (Å²) < 4.78 is 16.5. The SMILES string of the molecule is COc1cc(OC)c(/C(O)=C2\C(=O)C(=O)N(Cc3ccc(OCC(C)C)cc3)C2c2cccc(C)c2)cc1Cl. The summed E-state index contributed by atoms with van der Waals surface area (Å²) in [6.45, 7) is 6.83. The maximum Gasteiger partial charge on any atom is 0.295 e. The van der Waals surface area contributed by atoms with E-state index in [-0.39, 0.29) is 34.2 Å². The van der Waals surface area contributed by atoms with Gasteiger partial charge in [0.2, 0.25) is 0 Å². The molecular formula is C31H32ClNO6.